The van der Waals surface area contributed by atoms with Crippen molar-refractivity contribution in [3.8, 4) is 0 Å². The van der Waals surface area contributed by atoms with E-state index in [9.17, 15) is 18.0 Å². The fourth-order valence-electron chi connectivity index (χ4n) is 3.79. The second kappa shape index (κ2) is 8.09. The summed E-state index contributed by atoms with van der Waals surface area (Å²) in [5, 5.41) is 1.69. The Morgan fingerprint density at radius 1 is 1.03 bits per heavy atom. The van der Waals surface area contributed by atoms with Gasteiger partial charge in [-0.15, -0.1) is 6.58 Å². The van der Waals surface area contributed by atoms with Gasteiger partial charge in [0.25, 0.3) is 5.91 Å². The molecule has 1 saturated heterocycles. The van der Waals surface area contributed by atoms with Gasteiger partial charge in [-0.1, -0.05) is 54.1 Å². The first kappa shape index (κ1) is 21.0. The van der Waals surface area contributed by atoms with Crippen molar-refractivity contribution in [3.63, 3.8) is 0 Å². The Labute approximate surface area is 181 Å². The Balaban J connectivity index is 1.72. The van der Waals surface area contributed by atoms with Gasteiger partial charge in [0.2, 0.25) is 15.9 Å². The van der Waals surface area contributed by atoms with Crippen LogP contribution in [-0.4, -0.2) is 37.1 Å². The molecule has 31 heavy (non-hydrogen) atoms. The largest absolute Gasteiger partial charge is 0.274 e. The SMILES string of the molecule is C=CCN(C1CC(=O)N(c2ccc(C)cc2)C1=O)S(=O)(=O)c1ccc2ccccc2c1. The molecule has 4 rings (SSSR count). The van der Waals surface area contributed by atoms with E-state index in [2.05, 4.69) is 6.58 Å². The zero-order valence-electron chi connectivity index (χ0n) is 17.1. The van der Waals surface area contributed by atoms with Gasteiger partial charge in [0, 0.05) is 6.54 Å². The number of rotatable bonds is 6. The van der Waals surface area contributed by atoms with E-state index >= 15 is 0 Å². The number of carbonyl (C=O) groups is 2. The van der Waals surface area contributed by atoms with E-state index in [1.54, 1.807) is 36.4 Å². The van der Waals surface area contributed by atoms with Gasteiger partial charge < -0.3 is 0 Å². The molecular formula is C24H22N2O4S. The molecule has 1 unspecified atom stereocenters. The Kier molecular flexibility index (Phi) is 5.47. The zero-order chi connectivity index (χ0) is 22.2. The number of anilines is 1. The third kappa shape index (κ3) is 3.78. The quantitative estimate of drug-likeness (QED) is 0.438. The molecule has 2 amide bonds. The third-order valence-corrected chi connectivity index (χ3v) is 7.27. The van der Waals surface area contributed by atoms with E-state index in [0.29, 0.717) is 5.69 Å². The molecule has 7 heteroatoms. The number of amides is 2. The number of carbonyl (C=O) groups excluding carboxylic acids is 2. The van der Waals surface area contributed by atoms with Crippen molar-refractivity contribution in [1.82, 2.24) is 4.31 Å². The van der Waals surface area contributed by atoms with Gasteiger partial charge in [-0.05, 0) is 42.0 Å². The van der Waals surface area contributed by atoms with Crippen molar-refractivity contribution >= 4 is 38.3 Å². The van der Waals surface area contributed by atoms with Gasteiger partial charge in [0.05, 0.1) is 17.0 Å². The first-order chi connectivity index (χ1) is 14.8. The molecular weight excluding hydrogens is 412 g/mol. The van der Waals surface area contributed by atoms with Crippen molar-refractivity contribution < 1.29 is 18.0 Å². The van der Waals surface area contributed by atoms with Crippen LogP contribution in [0.1, 0.15) is 12.0 Å². The standard InChI is InChI=1S/C24H22N2O4S/c1-3-14-25(31(29,30)21-13-10-18-6-4-5-7-19(18)15-21)22-16-23(27)26(24(22)28)20-11-8-17(2)9-12-20/h3-13,15,22H,1,14,16H2,2H3. The van der Waals surface area contributed by atoms with Gasteiger partial charge in [-0.2, -0.15) is 4.31 Å². The molecule has 0 bridgehead atoms. The maximum Gasteiger partial charge on any atom is 0.252 e. The van der Waals surface area contributed by atoms with Crippen molar-refractivity contribution in [2.75, 3.05) is 11.4 Å². The van der Waals surface area contributed by atoms with Crippen LogP contribution in [0.15, 0.2) is 84.3 Å². The third-order valence-electron chi connectivity index (χ3n) is 5.40. The molecule has 3 aromatic rings. The predicted molar refractivity (Wildman–Crippen MR) is 120 cm³/mol. The molecule has 0 saturated carbocycles. The molecule has 6 nitrogen and oxygen atoms in total. The average molecular weight is 435 g/mol. The van der Waals surface area contributed by atoms with Crippen LogP contribution in [0.25, 0.3) is 10.8 Å². The van der Waals surface area contributed by atoms with Crippen LogP contribution in [0.5, 0.6) is 0 Å². The highest BCUT2D eigenvalue weighted by atomic mass is 32.2. The van der Waals surface area contributed by atoms with E-state index < -0.39 is 27.9 Å². The Hall–Kier alpha value is -3.29. The van der Waals surface area contributed by atoms with E-state index in [0.717, 1.165) is 25.5 Å². The highest BCUT2D eigenvalue weighted by Gasteiger charge is 2.46. The maximum absolute atomic E-state index is 13.5. The van der Waals surface area contributed by atoms with Crippen LogP contribution < -0.4 is 4.90 Å². The number of hydrogen-bond acceptors (Lipinski definition) is 4. The average Bonchev–Trinajstić information content (AvgIpc) is 3.05. The topological polar surface area (TPSA) is 74.8 Å². The number of sulfonamides is 1. The first-order valence-electron chi connectivity index (χ1n) is 9.88. The number of benzene rings is 3. The monoisotopic (exact) mass is 434 g/mol. The lowest BCUT2D eigenvalue weighted by atomic mass is 10.1. The molecule has 0 N–H and O–H groups in total. The summed E-state index contributed by atoms with van der Waals surface area (Å²) in [5.41, 5.74) is 1.43. The first-order valence-corrected chi connectivity index (χ1v) is 11.3. The normalized spacial score (nSPS) is 17.0. The summed E-state index contributed by atoms with van der Waals surface area (Å²) in [6.45, 7) is 5.47. The summed E-state index contributed by atoms with van der Waals surface area (Å²) in [5.74, 6) is -0.985. The summed E-state index contributed by atoms with van der Waals surface area (Å²) >= 11 is 0. The van der Waals surface area contributed by atoms with Gasteiger partial charge in [-0.3, -0.25) is 9.59 Å². The summed E-state index contributed by atoms with van der Waals surface area (Å²) in [6.07, 6.45) is 1.21. The Bertz CT molecular complexity index is 1280. The molecule has 0 aromatic heterocycles. The molecule has 1 heterocycles. The second-order valence-electron chi connectivity index (χ2n) is 7.50. The lowest BCUT2D eigenvalue weighted by Crippen LogP contribution is -2.45. The number of nitrogens with zero attached hydrogens (tertiary/aromatic N) is 2. The van der Waals surface area contributed by atoms with Crippen LogP contribution in [0, 0.1) is 6.92 Å². The fourth-order valence-corrected chi connectivity index (χ4v) is 5.38. The van der Waals surface area contributed by atoms with E-state index in [-0.39, 0.29) is 17.9 Å². The van der Waals surface area contributed by atoms with Gasteiger partial charge in [0.1, 0.15) is 6.04 Å². The van der Waals surface area contributed by atoms with Crippen molar-refractivity contribution in [2.45, 2.75) is 24.3 Å². The van der Waals surface area contributed by atoms with Gasteiger partial charge >= 0.3 is 0 Å². The smallest absolute Gasteiger partial charge is 0.252 e. The Morgan fingerprint density at radius 3 is 2.39 bits per heavy atom. The zero-order valence-corrected chi connectivity index (χ0v) is 17.9. The van der Waals surface area contributed by atoms with Crippen LogP contribution in [0.3, 0.4) is 0 Å². The number of hydrogen-bond donors (Lipinski definition) is 0. The van der Waals surface area contributed by atoms with E-state index in [1.165, 1.54) is 12.1 Å². The molecule has 0 radical (unpaired) electrons. The minimum absolute atomic E-state index is 0.0714. The lowest BCUT2D eigenvalue weighted by molar-refractivity contribution is -0.122. The van der Waals surface area contributed by atoms with Crippen molar-refractivity contribution in [1.29, 1.82) is 0 Å². The fraction of sp³-hybridized carbons (Fsp3) is 0.167. The maximum atomic E-state index is 13.5. The van der Waals surface area contributed by atoms with Crippen LogP contribution in [0.2, 0.25) is 0 Å². The van der Waals surface area contributed by atoms with Crippen LogP contribution >= 0.6 is 0 Å². The molecule has 3 aromatic carbocycles. The Morgan fingerprint density at radius 2 is 1.71 bits per heavy atom. The van der Waals surface area contributed by atoms with E-state index in [4.69, 9.17) is 0 Å². The molecule has 1 atom stereocenters. The summed E-state index contributed by atoms with van der Waals surface area (Å²) in [7, 11) is -4.04. The molecule has 0 spiro atoms. The number of aryl methyl sites for hydroxylation is 1. The molecule has 158 valence electrons. The minimum Gasteiger partial charge on any atom is -0.274 e. The molecule has 0 aliphatic carbocycles. The number of imide groups is 1. The van der Waals surface area contributed by atoms with Crippen molar-refractivity contribution in [3.05, 3.63) is 84.9 Å². The predicted octanol–water partition coefficient (Wildman–Crippen LogP) is 3.66. The molecule has 1 aliphatic rings. The van der Waals surface area contributed by atoms with Gasteiger partial charge in [-0.25, -0.2) is 13.3 Å². The summed E-state index contributed by atoms with van der Waals surface area (Å²) in [4.78, 5) is 27.0. The van der Waals surface area contributed by atoms with Crippen LogP contribution in [-0.2, 0) is 19.6 Å². The van der Waals surface area contributed by atoms with Crippen molar-refractivity contribution in [2.24, 2.45) is 0 Å². The highest BCUT2D eigenvalue weighted by molar-refractivity contribution is 7.89. The second-order valence-corrected chi connectivity index (χ2v) is 9.39. The minimum atomic E-state index is -4.04. The lowest BCUT2D eigenvalue weighted by Gasteiger charge is -2.26. The van der Waals surface area contributed by atoms with Gasteiger partial charge in [0.15, 0.2) is 0 Å². The van der Waals surface area contributed by atoms with Crippen LogP contribution in [0.4, 0.5) is 5.69 Å². The van der Waals surface area contributed by atoms with E-state index in [1.807, 2.05) is 31.2 Å². The molecule has 1 aliphatic heterocycles. The number of fused-ring (bicyclic) bond motifs is 1. The molecule has 1 fully saturated rings. The summed E-state index contributed by atoms with van der Waals surface area (Å²) in [6, 6.07) is 18.1. The summed E-state index contributed by atoms with van der Waals surface area (Å²) < 4.78 is 28.0. The highest BCUT2D eigenvalue weighted by Crippen LogP contribution is 2.30.